The van der Waals surface area contributed by atoms with Gasteiger partial charge in [0.25, 0.3) is 0 Å². The van der Waals surface area contributed by atoms with Gasteiger partial charge in [-0.3, -0.25) is 9.69 Å². The molecule has 0 aromatic heterocycles. The van der Waals surface area contributed by atoms with E-state index in [0.29, 0.717) is 17.9 Å². The van der Waals surface area contributed by atoms with Crippen LogP contribution < -0.4 is 0 Å². The predicted molar refractivity (Wildman–Crippen MR) is 123 cm³/mol. The average Bonchev–Trinajstić information content (AvgIpc) is 2.78. The molecule has 0 bridgehead atoms. The normalized spacial score (nSPS) is 19.8. The van der Waals surface area contributed by atoms with Gasteiger partial charge in [0, 0.05) is 19.1 Å². The molecule has 0 N–H and O–H groups in total. The summed E-state index contributed by atoms with van der Waals surface area (Å²) in [7, 11) is 1.50. The Morgan fingerprint density at radius 2 is 1.57 bits per heavy atom. The molecule has 3 rings (SSSR count). The van der Waals surface area contributed by atoms with E-state index in [1.54, 1.807) is 0 Å². The number of rotatable bonds is 9. The van der Waals surface area contributed by atoms with Crippen LogP contribution >= 0.6 is 0 Å². The third kappa shape index (κ3) is 6.30. The molecule has 0 heterocycles. The van der Waals surface area contributed by atoms with Crippen molar-refractivity contribution >= 4 is 5.97 Å². The maximum atomic E-state index is 12.2. The number of carbonyl (C=O) groups is 1. The van der Waals surface area contributed by atoms with Crippen molar-refractivity contribution in [1.82, 2.24) is 4.90 Å². The van der Waals surface area contributed by atoms with Gasteiger partial charge in [0.15, 0.2) is 0 Å². The van der Waals surface area contributed by atoms with Gasteiger partial charge in [-0.1, -0.05) is 86.7 Å². The lowest BCUT2D eigenvalue weighted by molar-refractivity contribution is -0.146. The molecule has 160 valence electrons. The first-order valence-electron chi connectivity index (χ1n) is 11.1. The first kappa shape index (κ1) is 22.3. The van der Waals surface area contributed by atoms with Gasteiger partial charge in [-0.05, 0) is 42.2 Å². The third-order valence-corrected chi connectivity index (χ3v) is 6.03. The molecule has 3 atom stereocenters. The van der Waals surface area contributed by atoms with E-state index < -0.39 is 0 Å². The molecule has 0 saturated heterocycles. The highest BCUT2D eigenvalue weighted by molar-refractivity contribution is 5.72. The zero-order valence-electron chi connectivity index (χ0n) is 18.5. The molecule has 0 unspecified atom stereocenters. The fourth-order valence-corrected chi connectivity index (χ4v) is 4.57. The summed E-state index contributed by atoms with van der Waals surface area (Å²) >= 11 is 0. The van der Waals surface area contributed by atoms with E-state index in [2.05, 4.69) is 91.6 Å². The minimum Gasteiger partial charge on any atom is -0.469 e. The number of esters is 1. The summed E-state index contributed by atoms with van der Waals surface area (Å²) in [5, 5.41) is 0. The van der Waals surface area contributed by atoms with Crippen molar-refractivity contribution in [2.24, 2.45) is 17.8 Å². The van der Waals surface area contributed by atoms with Crippen molar-refractivity contribution in [3.05, 3.63) is 83.9 Å². The molecule has 30 heavy (non-hydrogen) atoms. The Balaban J connectivity index is 1.89. The van der Waals surface area contributed by atoms with Crippen molar-refractivity contribution in [1.29, 1.82) is 0 Å². The first-order chi connectivity index (χ1) is 14.6. The number of nitrogens with zero attached hydrogens (tertiary/aromatic N) is 1. The summed E-state index contributed by atoms with van der Waals surface area (Å²) in [4.78, 5) is 14.8. The van der Waals surface area contributed by atoms with Crippen molar-refractivity contribution in [3.63, 3.8) is 0 Å². The molecule has 1 aliphatic carbocycles. The van der Waals surface area contributed by atoms with Crippen LogP contribution in [0.15, 0.2) is 72.8 Å². The maximum absolute atomic E-state index is 12.2. The van der Waals surface area contributed by atoms with E-state index in [0.717, 1.165) is 32.4 Å². The maximum Gasteiger partial charge on any atom is 0.308 e. The number of methoxy groups -OCH3 is 1. The minimum absolute atomic E-state index is 0.0324. The second-order valence-electron chi connectivity index (χ2n) is 8.86. The fraction of sp³-hybridized carbons (Fsp3) is 0.444. The largest absolute Gasteiger partial charge is 0.469 e. The zero-order valence-corrected chi connectivity index (χ0v) is 18.5. The highest BCUT2D eigenvalue weighted by atomic mass is 16.5. The molecule has 3 nitrogen and oxygen atoms in total. The Morgan fingerprint density at radius 1 is 1.00 bits per heavy atom. The van der Waals surface area contributed by atoms with E-state index in [9.17, 15) is 4.79 Å². The van der Waals surface area contributed by atoms with Crippen LogP contribution in [-0.4, -0.2) is 24.0 Å². The molecule has 0 aliphatic heterocycles. The second kappa shape index (κ2) is 11.1. The first-order valence-corrected chi connectivity index (χ1v) is 11.1. The molecule has 1 aliphatic rings. The number of ether oxygens (including phenoxy) is 1. The zero-order chi connectivity index (χ0) is 21.3. The Morgan fingerprint density at radius 3 is 2.07 bits per heavy atom. The Hall–Kier alpha value is -2.39. The van der Waals surface area contributed by atoms with Gasteiger partial charge in [-0.2, -0.15) is 0 Å². The second-order valence-corrected chi connectivity index (χ2v) is 8.86. The average molecular weight is 406 g/mol. The molecular formula is C27H35NO2. The summed E-state index contributed by atoms with van der Waals surface area (Å²) in [5.74, 6) is 0.814. The monoisotopic (exact) mass is 405 g/mol. The van der Waals surface area contributed by atoms with Crippen molar-refractivity contribution in [3.8, 4) is 0 Å². The number of hydrogen-bond donors (Lipinski definition) is 0. The highest BCUT2D eigenvalue weighted by Gasteiger charge is 2.33. The lowest BCUT2D eigenvalue weighted by Gasteiger charge is -2.39. The topological polar surface area (TPSA) is 29.5 Å². The van der Waals surface area contributed by atoms with Gasteiger partial charge in [0.05, 0.1) is 13.0 Å². The summed E-state index contributed by atoms with van der Waals surface area (Å²) in [6.07, 6.45) is 7.28. The Kier molecular flexibility index (Phi) is 8.27. The van der Waals surface area contributed by atoms with E-state index in [1.165, 1.54) is 18.2 Å². The van der Waals surface area contributed by atoms with Gasteiger partial charge in [-0.25, -0.2) is 0 Å². The standard InChI is InChI=1S/C27H35NO2/c1-21(2)17-26(24-15-10-16-25(18-24)27(29)30-3)28(19-22-11-6-4-7-12-22)20-23-13-8-5-9-14-23/h4-15,21,24-26H,16-20H2,1-3H3/t24-,25+,26-/m0/s1. The van der Waals surface area contributed by atoms with Crippen LogP contribution in [0.1, 0.15) is 44.2 Å². The Bertz CT molecular complexity index is 759. The smallest absolute Gasteiger partial charge is 0.308 e. The Labute approximate surface area is 181 Å². The molecule has 0 radical (unpaired) electrons. The minimum atomic E-state index is -0.0784. The van der Waals surface area contributed by atoms with Crippen LogP contribution in [0.5, 0.6) is 0 Å². The van der Waals surface area contributed by atoms with Crippen LogP contribution in [0.25, 0.3) is 0 Å². The summed E-state index contributed by atoms with van der Waals surface area (Å²) in [6.45, 7) is 6.39. The van der Waals surface area contributed by atoms with E-state index in [4.69, 9.17) is 4.74 Å². The molecule has 2 aromatic carbocycles. The lowest BCUT2D eigenvalue weighted by atomic mass is 9.79. The number of carbonyl (C=O) groups excluding carboxylic acids is 1. The molecule has 3 heteroatoms. The van der Waals surface area contributed by atoms with E-state index in [1.807, 2.05) is 0 Å². The SMILES string of the molecule is COC(=O)[C@@H]1CC=C[C@H]([C@H](CC(C)C)N(Cc2ccccc2)Cc2ccccc2)C1. The van der Waals surface area contributed by atoms with Gasteiger partial charge in [-0.15, -0.1) is 0 Å². The number of benzene rings is 2. The molecule has 0 amide bonds. The van der Waals surface area contributed by atoms with Gasteiger partial charge < -0.3 is 4.74 Å². The molecule has 0 spiro atoms. The van der Waals surface area contributed by atoms with Crippen LogP contribution in [0.4, 0.5) is 0 Å². The van der Waals surface area contributed by atoms with Crippen LogP contribution in [-0.2, 0) is 22.6 Å². The predicted octanol–water partition coefficient (Wildman–Crippen LogP) is 5.86. The highest BCUT2D eigenvalue weighted by Crippen LogP contribution is 2.33. The summed E-state index contributed by atoms with van der Waals surface area (Å²) in [6, 6.07) is 21.8. The number of allylic oxidation sites excluding steroid dienone is 1. The van der Waals surface area contributed by atoms with Crippen molar-refractivity contribution < 1.29 is 9.53 Å². The van der Waals surface area contributed by atoms with Gasteiger partial charge in [0.2, 0.25) is 0 Å². The molecule has 2 aromatic rings. The van der Waals surface area contributed by atoms with Crippen molar-refractivity contribution in [2.75, 3.05) is 7.11 Å². The molecule has 0 saturated carbocycles. The van der Waals surface area contributed by atoms with Crippen LogP contribution in [0.2, 0.25) is 0 Å². The number of hydrogen-bond acceptors (Lipinski definition) is 3. The van der Waals surface area contributed by atoms with Gasteiger partial charge in [0.1, 0.15) is 0 Å². The van der Waals surface area contributed by atoms with E-state index >= 15 is 0 Å². The fourth-order valence-electron chi connectivity index (χ4n) is 4.57. The molecule has 0 fully saturated rings. The van der Waals surface area contributed by atoms with Crippen LogP contribution in [0, 0.1) is 17.8 Å². The molecular weight excluding hydrogens is 370 g/mol. The quantitative estimate of drug-likeness (QED) is 0.387. The van der Waals surface area contributed by atoms with Crippen LogP contribution in [0.3, 0.4) is 0 Å². The third-order valence-electron chi connectivity index (χ3n) is 6.03. The van der Waals surface area contributed by atoms with Crippen molar-refractivity contribution in [2.45, 2.75) is 52.2 Å². The van der Waals surface area contributed by atoms with E-state index in [-0.39, 0.29) is 11.9 Å². The summed E-state index contributed by atoms with van der Waals surface area (Å²) in [5.41, 5.74) is 2.65. The summed E-state index contributed by atoms with van der Waals surface area (Å²) < 4.78 is 5.06. The lowest BCUT2D eigenvalue weighted by Crippen LogP contribution is -2.42. The van der Waals surface area contributed by atoms with Gasteiger partial charge >= 0.3 is 5.97 Å².